The molecular weight excluding hydrogens is 514 g/mol. The Morgan fingerprint density at radius 3 is 1.71 bits per heavy atom. The van der Waals surface area contributed by atoms with Gasteiger partial charge in [0.2, 0.25) is 0 Å². The molecule has 4 rings (SSSR count). The fourth-order valence-corrected chi connectivity index (χ4v) is 3.94. The van der Waals surface area contributed by atoms with Crippen LogP contribution in [0, 0.1) is 0 Å². The highest BCUT2D eigenvalue weighted by Crippen LogP contribution is 2.36. The average Bonchev–Trinajstić information content (AvgIpc) is 2.88. The molecule has 1 aliphatic rings. The summed E-state index contributed by atoms with van der Waals surface area (Å²) >= 11 is 0. The van der Waals surface area contributed by atoms with Crippen LogP contribution in [0.5, 0.6) is 0 Å². The van der Waals surface area contributed by atoms with Crippen molar-refractivity contribution in [2.24, 2.45) is 0 Å². The summed E-state index contributed by atoms with van der Waals surface area (Å²) < 4.78 is 78.5. The minimum Gasteiger partial charge on any atom is -0.368 e. The Hall–Kier alpha value is -4.22. The molecule has 0 radical (unpaired) electrons. The van der Waals surface area contributed by atoms with Gasteiger partial charge in [-0.25, -0.2) is 4.79 Å². The Bertz CT molecular complexity index is 1250. The first-order valence-electron chi connectivity index (χ1n) is 11.5. The van der Waals surface area contributed by atoms with E-state index in [0.717, 1.165) is 5.69 Å². The first kappa shape index (κ1) is 26.8. The largest absolute Gasteiger partial charge is 0.416 e. The SMILES string of the molecule is O=C(Nc1ccc(N2CCN(C(=O)Nc3ccccc3)CC2)cc1)c1cc(C(F)(F)F)cc(C(F)(F)F)c1. The van der Waals surface area contributed by atoms with Gasteiger partial charge in [0.15, 0.2) is 0 Å². The Balaban J connectivity index is 1.37. The number of anilines is 3. The van der Waals surface area contributed by atoms with E-state index in [0.29, 0.717) is 44.0 Å². The van der Waals surface area contributed by atoms with Crippen molar-refractivity contribution in [2.75, 3.05) is 41.7 Å². The Morgan fingerprint density at radius 1 is 0.658 bits per heavy atom. The number of rotatable bonds is 4. The van der Waals surface area contributed by atoms with Crippen LogP contribution in [0.25, 0.3) is 0 Å². The molecule has 0 aliphatic carbocycles. The van der Waals surface area contributed by atoms with Crippen molar-refractivity contribution < 1.29 is 35.9 Å². The lowest BCUT2D eigenvalue weighted by Crippen LogP contribution is -2.50. The topological polar surface area (TPSA) is 64.7 Å². The number of nitrogens with zero attached hydrogens (tertiary/aromatic N) is 2. The zero-order valence-corrected chi connectivity index (χ0v) is 19.7. The standard InChI is InChI=1S/C26H22F6N4O2/c27-25(28,29)18-14-17(15-19(16-18)26(30,31)32)23(37)33-21-6-8-22(9-7-21)35-10-12-36(13-11-35)24(38)34-20-4-2-1-3-5-20/h1-9,14-16H,10-13H2,(H,33,37)(H,34,38). The number of amides is 3. The number of hydrogen-bond acceptors (Lipinski definition) is 3. The number of para-hydroxylation sites is 1. The third-order valence-corrected chi connectivity index (χ3v) is 5.93. The van der Waals surface area contributed by atoms with Crippen molar-refractivity contribution in [1.82, 2.24) is 4.90 Å². The summed E-state index contributed by atoms with van der Waals surface area (Å²) in [5.41, 5.74) is -2.22. The lowest BCUT2D eigenvalue weighted by molar-refractivity contribution is -0.143. The number of carbonyl (C=O) groups excluding carboxylic acids is 2. The van der Waals surface area contributed by atoms with Gasteiger partial charge in [0.05, 0.1) is 11.1 Å². The quantitative estimate of drug-likeness (QED) is 0.383. The highest BCUT2D eigenvalue weighted by atomic mass is 19.4. The van der Waals surface area contributed by atoms with Crippen molar-refractivity contribution in [3.05, 3.63) is 89.5 Å². The fourth-order valence-electron chi connectivity index (χ4n) is 3.94. The summed E-state index contributed by atoms with van der Waals surface area (Å²) in [6.07, 6.45) is -10.1. The maximum Gasteiger partial charge on any atom is 0.416 e. The molecule has 1 heterocycles. The summed E-state index contributed by atoms with van der Waals surface area (Å²) in [7, 11) is 0. The molecule has 0 spiro atoms. The van der Waals surface area contributed by atoms with Crippen LogP contribution in [-0.4, -0.2) is 43.0 Å². The van der Waals surface area contributed by atoms with Gasteiger partial charge in [-0.05, 0) is 54.6 Å². The van der Waals surface area contributed by atoms with E-state index in [1.54, 1.807) is 29.2 Å². The van der Waals surface area contributed by atoms with E-state index >= 15 is 0 Å². The molecule has 1 fully saturated rings. The van der Waals surface area contributed by atoms with Crippen molar-refractivity contribution in [3.8, 4) is 0 Å². The second-order valence-electron chi connectivity index (χ2n) is 8.57. The lowest BCUT2D eigenvalue weighted by atomic mass is 10.0. The van der Waals surface area contributed by atoms with Gasteiger partial charge in [-0.1, -0.05) is 18.2 Å². The van der Waals surface area contributed by atoms with E-state index in [9.17, 15) is 35.9 Å². The third-order valence-electron chi connectivity index (χ3n) is 5.93. The summed E-state index contributed by atoms with van der Waals surface area (Å²) in [6, 6.07) is 15.9. The van der Waals surface area contributed by atoms with Crippen molar-refractivity contribution >= 4 is 29.0 Å². The predicted molar refractivity (Wildman–Crippen MR) is 130 cm³/mol. The summed E-state index contributed by atoms with van der Waals surface area (Å²) in [5, 5.41) is 5.17. The van der Waals surface area contributed by atoms with Gasteiger partial charge in [0, 0.05) is 48.8 Å². The zero-order chi connectivity index (χ0) is 27.5. The molecule has 12 heteroatoms. The molecule has 3 amide bonds. The van der Waals surface area contributed by atoms with Crippen LogP contribution in [0.1, 0.15) is 21.5 Å². The minimum absolute atomic E-state index is 0.0311. The Morgan fingerprint density at radius 2 is 1.18 bits per heavy atom. The minimum atomic E-state index is -5.05. The van der Waals surface area contributed by atoms with E-state index in [2.05, 4.69) is 10.6 Å². The van der Waals surface area contributed by atoms with Gasteiger partial charge >= 0.3 is 18.4 Å². The maximum absolute atomic E-state index is 13.1. The van der Waals surface area contributed by atoms with Crippen molar-refractivity contribution in [3.63, 3.8) is 0 Å². The van der Waals surface area contributed by atoms with Crippen LogP contribution >= 0.6 is 0 Å². The van der Waals surface area contributed by atoms with Crippen LogP contribution in [-0.2, 0) is 12.4 Å². The Kier molecular flexibility index (Phi) is 7.51. The molecule has 6 nitrogen and oxygen atoms in total. The van der Waals surface area contributed by atoms with Gasteiger partial charge < -0.3 is 20.4 Å². The van der Waals surface area contributed by atoms with Crippen LogP contribution < -0.4 is 15.5 Å². The van der Waals surface area contributed by atoms with E-state index in [1.165, 1.54) is 12.1 Å². The number of piperazine rings is 1. The number of alkyl halides is 6. The van der Waals surface area contributed by atoms with Gasteiger partial charge in [-0.2, -0.15) is 26.3 Å². The Labute approximate surface area is 213 Å². The molecular formula is C26H22F6N4O2. The fraction of sp³-hybridized carbons (Fsp3) is 0.231. The van der Waals surface area contributed by atoms with Gasteiger partial charge in [-0.3, -0.25) is 4.79 Å². The molecule has 0 bridgehead atoms. The highest BCUT2D eigenvalue weighted by Gasteiger charge is 2.37. The van der Waals surface area contributed by atoms with Gasteiger partial charge in [0.1, 0.15) is 0 Å². The highest BCUT2D eigenvalue weighted by molar-refractivity contribution is 6.04. The zero-order valence-electron chi connectivity index (χ0n) is 19.7. The van der Waals surface area contributed by atoms with Crippen LogP contribution in [0.15, 0.2) is 72.8 Å². The van der Waals surface area contributed by atoms with Crippen LogP contribution in [0.3, 0.4) is 0 Å². The van der Waals surface area contributed by atoms with E-state index < -0.39 is 35.0 Å². The molecule has 1 aliphatic heterocycles. The van der Waals surface area contributed by atoms with E-state index in [-0.39, 0.29) is 17.8 Å². The number of urea groups is 1. The number of benzene rings is 3. The summed E-state index contributed by atoms with van der Waals surface area (Å²) in [4.78, 5) is 28.6. The first-order valence-corrected chi connectivity index (χ1v) is 11.5. The molecule has 3 aromatic rings. The molecule has 38 heavy (non-hydrogen) atoms. The molecule has 200 valence electrons. The van der Waals surface area contributed by atoms with Gasteiger partial charge in [-0.15, -0.1) is 0 Å². The molecule has 3 aromatic carbocycles. The number of nitrogens with one attached hydrogen (secondary N) is 2. The maximum atomic E-state index is 13.1. The van der Waals surface area contributed by atoms with Crippen LogP contribution in [0.2, 0.25) is 0 Å². The number of hydrogen-bond donors (Lipinski definition) is 2. The summed E-state index contributed by atoms with van der Waals surface area (Å²) in [6.45, 7) is 2.01. The lowest BCUT2D eigenvalue weighted by Gasteiger charge is -2.36. The third kappa shape index (κ3) is 6.55. The first-order chi connectivity index (χ1) is 17.9. The smallest absolute Gasteiger partial charge is 0.368 e. The van der Waals surface area contributed by atoms with Crippen molar-refractivity contribution in [1.29, 1.82) is 0 Å². The number of carbonyl (C=O) groups is 2. The number of halogens is 6. The van der Waals surface area contributed by atoms with Crippen LogP contribution in [0.4, 0.5) is 48.2 Å². The second kappa shape index (κ2) is 10.6. The molecule has 0 atom stereocenters. The van der Waals surface area contributed by atoms with E-state index in [4.69, 9.17) is 0 Å². The summed E-state index contributed by atoms with van der Waals surface area (Å²) in [5.74, 6) is -1.10. The molecule has 0 saturated carbocycles. The molecule has 0 unspecified atom stereocenters. The second-order valence-corrected chi connectivity index (χ2v) is 8.57. The van der Waals surface area contributed by atoms with E-state index in [1.807, 2.05) is 23.1 Å². The van der Waals surface area contributed by atoms with Crippen molar-refractivity contribution in [2.45, 2.75) is 12.4 Å². The normalized spacial score (nSPS) is 14.3. The molecule has 1 saturated heterocycles. The predicted octanol–water partition coefficient (Wildman–Crippen LogP) is 6.33. The monoisotopic (exact) mass is 536 g/mol. The molecule has 0 aromatic heterocycles. The molecule has 2 N–H and O–H groups in total. The van der Waals surface area contributed by atoms with Gasteiger partial charge in [0.25, 0.3) is 5.91 Å². The average molecular weight is 536 g/mol.